The first-order chi connectivity index (χ1) is 16.8. The van der Waals surface area contributed by atoms with Gasteiger partial charge in [0, 0.05) is 5.56 Å². The highest BCUT2D eigenvalue weighted by Gasteiger charge is 2.24. The molecule has 0 N–H and O–H groups in total. The van der Waals surface area contributed by atoms with Crippen molar-refractivity contribution in [3.05, 3.63) is 42.0 Å². The summed E-state index contributed by atoms with van der Waals surface area (Å²) in [6.07, 6.45) is 27.1. The minimum absolute atomic E-state index is 0.735. The van der Waals surface area contributed by atoms with Gasteiger partial charge in [0.2, 0.25) is 0 Å². The van der Waals surface area contributed by atoms with Crippen molar-refractivity contribution >= 4 is 0 Å². The summed E-state index contributed by atoms with van der Waals surface area (Å²) in [5, 5.41) is 0. The first-order valence-corrected chi connectivity index (χ1v) is 14.7. The Balaban J connectivity index is 1.27. The topological polar surface area (TPSA) is 9.23 Å². The number of hydrogen-bond donors (Lipinski definition) is 0. The minimum atomic E-state index is 0.735. The molecule has 188 valence electrons. The van der Waals surface area contributed by atoms with Gasteiger partial charge in [0.05, 0.1) is 6.61 Å². The smallest absolute Gasteiger partial charge is 0.119 e. The van der Waals surface area contributed by atoms with Crippen LogP contribution in [0.25, 0.3) is 0 Å². The van der Waals surface area contributed by atoms with Crippen LogP contribution >= 0.6 is 0 Å². The highest BCUT2D eigenvalue weighted by atomic mass is 16.5. The van der Waals surface area contributed by atoms with Crippen LogP contribution in [0.3, 0.4) is 0 Å². The van der Waals surface area contributed by atoms with E-state index in [-0.39, 0.29) is 0 Å². The van der Waals surface area contributed by atoms with Crippen LogP contribution in [0.15, 0.2) is 36.4 Å². The van der Waals surface area contributed by atoms with Crippen LogP contribution in [0.2, 0.25) is 0 Å². The molecule has 2 saturated carbocycles. The summed E-state index contributed by atoms with van der Waals surface area (Å²) in [7, 11) is 0. The van der Waals surface area contributed by atoms with Crippen LogP contribution in [0, 0.1) is 35.5 Å². The average molecular weight is 463 g/mol. The molecule has 3 rings (SSSR count). The van der Waals surface area contributed by atoms with Gasteiger partial charge in [-0.15, -0.1) is 0 Å². The Morgan fingerprint density at radius 3 is 1.94 bits per heavy atom. The van der Waals surface area contributed by atoms with Gasteiger partial charge in [0.15, 0.2) is 0 Å². The number of unbranched alkanes of at least 4 members (excludes halogenated alkanes) is 3. The van der Waals surface area contributed by atoms with Gasteiger partial charge < -0.3 is 4.74 Å². The predicted octanol–water partition coefficient (Wildman–Crippen LogP) is 9.75. The molecule has 0 radical (unpaired) electrons. The third kappa shape index (κ3) is 10.3. The van der Waals surface area contributed by atoms with Crippen molar-refractivity contribution in [3.8, 4) is 17.6 Å². The van der Waals surface area contributed by atoms with Gasteiger partial charge >= 0.3 is 0 Å². The van der Waals surface area contributed by atoms with Crippen LogP contribution in [0.1, 0.15) is 122 Å². The minimum Gasteiger partial charge on any atom is -0.494 e. The first kappa shape index (κ1) is 26.9. The highest BCUT2D eigenvalue weighted by Crippen LogP contribution is 2.38. The second-order valence-electron chi connectivity index (χ2n) is 11.1. The van der Waals surface area contributed by atoms with Crippen molar-refractivity contribution in [1.29, 1.82) is 0 Å². The van der Waals surface area contributed by atoms with E-state index in [1.807, 2.05) is 12.1 Å². The van der Waals surface area contributed by atoms with E-state index >= 15 is 0 Å². The third-order valence-corrected chi connectivity index (χ3v) is 8.35. The molecule has 0 atom stereocenters. The molecule has 1 aromatic carbocycles. The van der Waals surface area contributed by atoms with Gasteiger partial charge in [0.25, 0.3) is 0 Å². The Hall–Kier alpha value is -1.68. The lowest BCUT2D eigenvalue weighted by atomic mass is 9.75. The normalized spacial score (nSPS) is 25.1. The SMILES string of the molecule is CCCCCC1CCC(CCC2CCC(/C=C/C#Cc3ccc(OCCCC)cc3)CC2)CC1. The zero-order valence-electron chi connectivity index (χ0n) is 22.2. The van der Waals surface area contributed by atoms with Crippen molar-refractivity contribution in [2.45, 2.75) is 117 Å². The average Bonchev–Trinajstić information content (AvgIpc) is 2.88. The molecular formula is C33H50O. The molecule has 0 heterocycles. The molecule has 1 heteroatoms. The second-order valence-corrected chi connectivity index (χ2v) is 11.1. The van der Waals surface area contributed by atoms with Crippen LogP contribution in [0.4, 0.5) is 0 Å². The summed E-state index contributed by atoms with van der Waals surface area (Å²) in [5.41, 5.74) is 1.06. The number of rotatable bonds is 12. The maximum Gasteiger partial charge on any atom is 0.119 e. The maximum atomic E-state index is 5.72. The maximum absolute atomic E-state index is 5.72. The van der Waals surface area contributed by atoms with E-state index in [1.165, 1.54) is 89.9 Å². The van der Waals surface area contributed by atoms with Gasteiger partial charge in [-0.2, -0.15) is 0 Å². The Labute approximate surface area is 211 Å². The Kier molecular flexibility index (Phi) is 12.7. The van der Waals surface area contributed by atoms with Crippen LogP contribution in [0.5, 0.6) is 5.75 Å². The second kappa shape index (κ2) is 16.1. The molecule has 1 nitrogen and oxygen atoms in total. The third-order valence-electron chi connectivity index (χ3n) is 8.35. The van der Waals surface area contributed by atoms with Crippen LogP contribution in [-0.4, -0.2) is 6.61 Å². The summed E-state index contributed by atoms with van der Waals surface area (Å²) in [5.74, 6) is 11.3. The molecule has 2 aliphatic carbocycles. The van der Waals surface area contributed by atoms with Crippen LogP contribution in [-0.2, 0) is 0 Å². The van der Waals surface area contributed by atoms with Crippen molar-refractivity contribution < 1.29 is 4.74 Å². The van der Waals surface area contributed by atoms with Crippen molar-refractivity contribution in [2.75, 3.05) is 6.61 Å². The summed E-state index contributed by atoms with van der Waals surface area (Å²) < 4.78 is 5.72. The van der Waals surface area contributed by atoms with Gasteiger partial charge in [-0.3, -0.25) is 0 Å². The first-order valence-electron chi connectivity index (χ1n) is 14.7. The van der Waals surface area contributed by atoms with E-state index in [0.717, 1.165) is 54.4 Å². The standard InChI is InChI=1S/C33H50O/c1-3-5-7-10-28-13-17-31(18-14-28)21-22-32-19-15-29(16-20-32)11-8-9-12-30-23-25-33(26-24-30)34-27-6-4-2/h8,11,23-26,28-29,31-32H,3-7,10,13-22,27H2,1-2H3/b11-8+. The Morgan fingerprint density at radius 1 is 0.735 bits per heavy atom. The Bertz CT molecular complexity index is 733. The van der Waals surface area contributed by atoms with Gasteiger partial charge in [-0.25, -0.2) is 0 Å². The molecule has 0 aliphatic heterocycles. The molecule has 0 spiro atoms. The van der Waals surface area contributed by atoms with E-state index in [4.69, 9.17) is 4.74 Å². The zero-order chi connectivity index (χ0) is 23.8. The number of allylic oxidation sites excluding steroid dienone is 2. The number of ether oxygens (including phenoxy) is 1. The fourth-order valence-electron chi connectivity index (χ4n) is 5.91. The van der Waals surface area contributed by atoms with Crippen molar-refractivity contribution in [1.82, 2.24) is 0 Å². The van der Waals surface area contributed by atoms with Crippen LogP contribution < -0.4 is 4.74 Å². The quantitative estimate of drug-likeness (QED) is 0.222. The fraction of sp³-hybridized carbons (Fsp3) is 0.697. The molecule has 0 aromatic heterocycles. The molecule has 0 unspecified atom stereocenters. The lowest BCUT2D eigenvalue weighted by Crippen LogP contribution is -2.17. The number of benzene rings is 1. The molecule has 0 amide bonds. The summed E-state index contributed by atoms with van der Waals surface area (Å²) in [4.78, 5) is 0. The Morgan fingerprint density at radius 2 is 1.32 bits per heavy atom. The van der Waals surface area contributed by atoms with Gasteiger partial charge in [0.1, 0.15) is 5.75 Å². The highest BCUT2D eigenvalue weighted by molar-refractivity contribution is 5.40. The molecular weight excluding hydrogens is 412 g/mol. The zero-order valence-corrected chi connectivity index (χ0v) is 22.2. The fourth-order valence-corrected chi connectivity index (χ4v) is 5.91. The molecule has 2 fully saturated rings. The summed E-state index contributed by atoms with van der Waals surface area (Å²) in [6.45, 7) is 5.30. The summed E-state index contributed by atoms with van der Waals surface area (Å²) in [6, 6.07) is 8.19. The van der Waals surface area contributed by atoms with E-state index in [9.17, 15) is 0 Å². The molecule has 34 heavy (non-hydrogen) atoms. The molecule has 0 saturated heterocycles. The lowest BCUT2D eigenvalue weighted by Gasteiger charge is -2.31. The van der Waals surface area contributed by atoms with E-state index in [0.29, 0.717) is 0 Å². The van der Waals surface area contributed by atoms with Gasteiger partial charge in [-0.1, -0.05) is 102 Å². The summed E-state index contributed by atoms with van der Waals surface area (Å²) >= 11 is 0. The van der Waals surface area contributed by atoms with Crippen molar-refractivity contribution in [3.63, 3.8) is 0 Å². The monoisotopic (exact) mass is 462 g/mol. The molecule has 0 bridgehead atoms. The van der Waals surface area contributed by atoms with Gasteiger partial charge in [-0.05, 0) is 86.1 Å². The number of hydrogen-bond acceptors (Lipinski definition) is 1. The lowest BCUT2D eigenvalue weighted by molar-refractivity contribution is 0.219. The van der Waals surface area contributed by atoms with E-state index in [2.05, 4.69) is 50.0 Å². The van der Waals surface area contributed by atoms with E-state index < -0.39 is 0 Å². The molecule has 1 aromatic rings. The molecule has 2 aliphatic rings. The predicted molar refractivity (Wildman–Crippen MR) is 147 cm³/mol. The van der Waals surface area contributed by atoms with E-state index in [1.54, 1.807) is 0 Å². The largest absolute Gasteiger partial charge is 0.494 e. The van der Waals surface area contributed by atoms with Crippen molar-refractivity contribution in [2.24, 2.45) is 23.7 Å².